The summed E-state index contributed by atoms with van der Waals surface area (Å²) in [6, 6.07) is 5.06. The zero-order chi connectivity index (χ0) is 22.8. The molecule has 0 unspecified atom stereocenters. The standard InChI is InChI=1S/C21H23F2N5O3S/c1-12-10-27(21(31)26-20-25-17-3-2-14(22)8-18(17)32-20)4-5-28(12)19-16(23)7-13(9-24-19)6-15(30)11-29/h2-3,7-9,12,15,29-30H,4-6,10-11H2,1H3,(H,25,26,31)/t12-,15+/m1/s1. The summed E-state index contributed by atoms with van der Waals surface area (Å²) < 4.78 is 28.7. The fourth-order valence-corrected chi connectivity index (χ4v) is 4.59. The lowest BCUT2D eigenvalue weighted by atomic mass is 10.1. The van der Waals surface area contributed by atoms with Gasteiger partial charge in [0.05, 0.1) is 22.9 Å². The fraction of sp³-hybridized carbons (Fsp3) is 0.381. The number of amides is 2. The van der Waals surface area contributed by atoms with Gasteiger partial charge in [-0.15, -0.1) is 0 Å². The number of carbonyl (C=O) groups is 1. The number of aliphatic hydroxyl groups excluding tert-OH is 2. The van der Waals surface area contributed by atoms with Crippen molar-refractivity contribution >= 4 is 38.5 Å². The zero-order valence-electron chi connectivity index (χ0n) is 17.3. The third kappa shape index (κ3) is 4.79. The number of urea groups is 1. The molecule has 1 fully saturated rings. The van der Waals surface area contributed by atoms with Crippen LogP contribution in [0.3, 0.4) is 0 Å². The highest BCUT2D eigenvalue weighted by molar-refractivity contribution is 7.22. The van der Waals surface area contributed by atoms with E-state index in [-0.39, 0.29) is 30.1 Å². The molecule has 0 bridgehead atoms. The normalized spacial score (nSPS) is 17.6. The lowest BCUT2D eigenvalue weighted by molar-refractivity contribution is 0.0954. The number of aromatic nitrogens is 2. The van der Waals surface area contributed by atoms with Crippen LogP contribution in [-0.4, -0.2) is 69.5 Å². The van der Waals surface area contributed by atoms with Crippen molar-refractivity contribution in [2.75, 3.05) is 36.5 Å². The molecule has 0 saturated carbocycles. The van der Waals surface area contributed by atoms with Gasteiger partial charge in [-0.05, 0) is 36.8 Å². The molecule has 0 radical (unpaired) electrons. The lowest BCUT2D eigenvalue weighted by Crippen LogP contribution is -2.55. The van der Waals surface area contributed by atoms with Crippen molar-refractivity contribution in [2.45, 2.75) is 25.5 Å². The minimum absolute atomic E-state index is 0.114. The Bertz CT molecular complexity index is 1130. The monoisotopic (exact) mass is 463 g/mol. The summed E-state index contributed by atoms with van der Waals surface area (Å²) in [6.07, 6.45) is 0.638. The number of anilines is 2. The molecule has 3 aromatic rings. The van der Waals surface area contributed by atoms with Crippen LogP contribution >= 0.6 is 11.3 Å². The second-order valence-electron chi connectivity index (χ2n) is 7.74. The number of carbonyl (C=O) groups excluding carboxylic acids is 1. The van der Waals surface area contributed by atoms with Crippen LogP contribution in [0.25, 0.3) is 10.2 Å². The van der Waals surface area contributed by atoms with Crippen molar-refractivity contribution in [1.82, 2.24) is 14.9 Å². The number of benzene rings is 1. The number of piperazine rings is 1. The molecule has 2 amide bonds. The van der Waals surface area contributed by atoms with Gasteiger partial charge in [0, 0.05) is 38.3 Å². The second kappa shape index (κ2) is 9.31. The van der Waals surface area contributed by atoms with E-state index in [0.717, 1.165) is 0 Å². The summed E-state index contributed by atoms with van der Waals surface area (Å²) in [6.45, 7) is 2.59. The van der Waals surface area contributed by atoms with Crippen LogP contribution in [0.2, 0.25) is 0 Å². The fourth-order valence-electron chi connectivity index (χ4n) is 3.71. The van der Waals surface area contributed by atoms with Crippen molar-refractivity contribution in [2.24, 2.45) is 0 Å². The Balaban J connectivity index is 1.39. The number of pyridine rings is 1. The van der Waals surface area contributed by atoms with Gasteiger partial charge in [0.2, 0.25) is 0 Å². The van der Waals surface area contributed by atoms with Crippen LogP contribution in [0.15, 0.2) is 30.5 Å². The molecule has 0 aliphatic carbocycles. The van der Waals surface area contributed by atoms with Crippen molar-refractivity contribution in [1.29, 1.82) is 0 Å². The van der Waals surface area contributed by atoms with Crippen LogP contribution in [0.4, 0.5) is 24.5 Å². The Morgan fingerprint density at radius 1 is 1.34 bits per heavy atom. The van der Waals surface area contributed by atoms with Crippen LogP contribution in [0.5, 0.6) is 0 Å². The molecule has 2 aromatic heterocycles. The van der Waals surface area contributed by atoms with Gasteiger partial charge in [-0.1, -0.05) is 11.3 Å². The van der Waals surface area contributed by atoms with Gasteiger partial charge < -0.3 is 20.0 Å². The molecule has 170 valence electrons. The van der Waals surface area contributed by atoms with E-state index in [4.69, 9.17) is 5.11 Å². The average Bonchev–Trinajstić information content (AvgIpc) is 3.15. The molecule has 1 aromatic carbocycles. The predicted octanol–water partition coefficient (Wildman–Crippen LogP) is 2.61. The summed E-state index contributed by atoms with van der Waals surface area (Å²) in [4.78, 5) is 24.6. The number of nitrogens with one attached hydrogen (secondary N) is 1. The van der Waals surface area contributed by atoms with Crippen LogP contribution in [0.1, 0.15) is 12.5 Å². The molecule has 3 N–H and O–H groups in total. The van der Waals surface area contributed by atoms with Gasteiger partial charge in [0.1, 0.15) is 5.82 Å². The molecular formula is C21H23F2N5O3S. The van der Waals surface area contributed by atoms with Crippen molar-refractivity contribution in [3.8, 4) is 0 Å². The predicted molar refractivity (Wildman–Crippen MR) is 118 cm³/mol. The molecule has 1 saturated heterocycles. The van der Waals surface area contributed by atoms with Gasteiger partial charge in [-0.2, -0.15) is 0 Å². The first-order valence-electron chi connectivity index (χ1n) is 10.2. The van der Waals surface area contributed by atoms with Gasteiger partial charge in [0.25, 0.3) is 0 Å². The number of hydrogen-bond donors (Lipinski definition) is 3. The van der Waals surface area contributed by atoms with Gasteiger partial charge in [-0.3, -0.25) is 5.32 Å². The van der Waals surface area contributed by atoms with Gasteiger partial charge in [-0.25, -0.2) is 23.5 Å². The van der Waals surface area contributed by atoms with Crippen LogP contribution < -0.4 is 10.2 Å². The maximum atomic E-state index is 14.7. The topological polar surface area (TPSA) is 102 Å². The number of fused-ring (bicyclic) bond motifs is 1. The molecule has 4 rings (SSSR count). The van der Waals surface area contributed by atoms with E-state index in [1.54, 1.807) is 15.9 Å². The first-order chi connectivity index (χ1) is 15.3. The third-order valence-electron chi connectivity index (χ3n) is 5.31. The van der Waals surface area contributed by atoms with Crippen molar-refractivity contribution in [3.05, 3.63) is 47.7 Å². The van der Waals surface area contributed by atoms with Crippen molar-refractivity contribution in [3.63, 3.8) is 0 Å². The van der Waals surface area contributed by atoms with Crippen LogP contribution in [-0.2, 0) is 6.42 Å². The van der Waals surface area contributed by atoms with E-state index in [1.807, 2.05) is 6.92 Å². The van der Waals surface area contributed by atoms with E-state index < -0.39 is 18.5 Å². The molecule has 32 heavy (non-hydrogen) atoms. The molecular weight excluding hydrogens is 440 g/mol. The highest BCUT2D eigenvalue weighted by Crippen LogP contribution is 2.27. The largest absolute Gasteiger partial charge is 0.394 e. The van der Waals surface area contributed by atoms with E-state index in [1.165, 1.54) is 35.7 Å². The summed E-state index contributed by atoms with van der Waals surface area (Å²) >= 11 is 1.20. The quantitative estimate of drug-likeness (QED) is 0.538. The Morgan fingerprint density at radius 2 is 2.16 bits per heavy atom. The SMILES string of the molecule is C[C@@H]1CN(C(=O)Nc2nc3ccc(F)cc3s2)CCN1c1ncc(C[C@H](O)CO)cc1F. The van der Waals surface area contributed by atoms with Crippen molar-refractivity contribution < 1.29 is 23.8 Å². The summed E-state index contributed by atoms with van der Waals surface area (Å²) in [5.41, 5.74) is 1.11. The molecule has 0 spiro atoms. The summed E-state index contributed by atoms with van der Waals surface area (Å²) in [5, 5.41) is 21.6. The number of halogens is 2. The van der Waals surface area contributed by atoms with E-state index in [0.29, 0.717) is 40.5 Å². The second-order valence-corrected chi connectivity index (χ2v) is 8.77. The molecule has 3 heterocycles. The summed E-state index contributed by atoms with van der Waals surface area (Å²) in [7, 11) is 0. The zero-order valence-corrected chi connectivity index (χ0v) is 18.1. The maximum absolute atomic E-state index is 14.7. The average molecular weight is 464 g/mol. The summed E-state index contributed by atoms with van der Waals surface area (Å²) in [5.74, 6) is -0.686. The molecule has 11 heteroatoms. The first kappa shape index (κ1) is 22.3. The molecule has 2 atom stereocenters. The smallest absolute Gasteiger partial charge is 0.323 e. The van der Waals surface area contributed by atoms with E-state index in [2.05, 4.69) is 15.3 Å². The lowest BCUT2D eigenvalue weighted by Gasteiger charge is -2.40. The third-order valence-corrected chi connectivity index (χ3v) is 6.25. The molecule has 8 nitrogen and oxygen atoms in total. The number of thiazole rings is 1. The number of rotatable bonds is 5. The van der Waals surface area contributed by atoms with Gasteiger partial charge in [0.15, 0.2) is 16.8 Å². The minimum atomic E-state index is -0.961. The number of hydrogen-bond acceptors (Lipinski definition) is 7. The molecule has 1 aliphatic rings. The Hall–Kier alpha value is -2.89. The Morgan fingerprint density at radius 3 is 2.88 bits per heavy atom. The number of nitrogens with zero attached hydrogens (tertiary/aromatic N) is 4. The maximum Gasteiger partial charge on any atom is 0.323 e. The number of aliphatic hydroxyl groups is 2. The highest BCUT2D eigenvalue weighted by Gasteiger charge is 2.29. The Labute approximate surface area is 187 Å². The van der Waals surface area contributed by atoms with Gasteiger partial charge >= 0.3 is 6.03 Å². The first-order valence-corrected chi connectivity index (χ1v) is 11.0. The van der Waals surface area contributed by atoms with E-state index in [9.17, 15) is 18.7 Å². The molecule has 1 aliphatic heterocycles. The minimum Gasteiger partial charge on any atom is -0.394 e. The Kier molecular flexibility index (Phi) is 6.49. The van der Waals surface area contributed by atoms with Crippen LogP contribution in [0, 0.1) is 11.6 Å². The highest BCUT2D eigenvalue weighted by atomic mass is 32.1. The van der Waals surface area contributed by atoms with E-state index >= 15 is 0 Å².